The van der Waals surface area contributed by atoms with Crippen molar-refractivity contribution in [2.24, 2.45) is 0 Å². The van der Waals surface area contributed by atoms with Crippen molar-refractivity contribution in [2.45, 2.75) is 25.9 Å². The minimum Gasteiger partial charge on any atom is -0.240 e. The van der Waals surface area contributed by atoms with Gasteiger partial charge in [-0.25, -0.2) is 13.2 Å². The molecule has 0 aromatic rings. The molecule has 0 unspecified atom stereocenters. The SMILES string of the molecule is CC(C)(F)/C=C/C(F)F. The van der Waals surface area contributed by atoms with Gasteiger partial charge in [0.25, 0.3) is 6.43 Å². The number of hydrogen-bond donors (Lipinski definition) is 0. The van der Waals surface area contributed by atoms with E-state index in [1.165, 1.54) is 13.8 Å². The smallest absolute Gasteiger partial charge is 0.240 e. The van der Waals surface area contributed by atoms with Crippen molar-refractivity contribution in [3.63, 3.8) is 0 Å². The molecular formula is C6H9F3. The number of rotatable bonds is 2. The van der Waals surface area contributed by atoms with E-state index < -0.39 is 12.1 Å². The van der Waals surface area contributed by atoms with Gasteiger partial charge in [0.15, 0.2) is 0 Å². The molecule has 0 rings (SSSR count). The van der Waals surface area contributed by atoms with Gasteiger partial charge in [-0.15, -0.1) is 0 Å². The first-order valence-corrected chi connectivity index (χ1v) is 2.58. The van der Waals surface area contributed by atoms with Gasteiger partial charge in [0.1, 0.15) is 5.67 Å². The Balaban J connectivity index is 3.71. The van der Waals surface area contributed by atoms with Crippen LogP contribution < -0.4 is 0 Å². The Morgan fingerprint density at radius 1 is 1.33 bits per heavy atom. The molecule has 0 N–H and O–H groups in total. The molecule has 0 aliphatic rings. The van der Waals surface area contributed by atoms with Crippen molar-refractivity contribution in [1.82, 2.24) is 0 Å². The maximum absolute atomic E-state index is 12.3. The lowest BCUT2D eigenvalue weighted by atomic mass is 10.1. The fourth-order valence-corrected chi connectivity index (χ4v) is 0.302. The highest BCUT2D eigenvalue weighted by Crippen LogP contribution is 2.10. The summed E-state index contributed by atoms with van der Waals surface area (Å²) in [5, 5.41) is 0. The van der Waals surface area contributed by atoms with E-state index in [0.717, 1.165) is 6.08 Å². The second-order valence-corrected chi connectivity index (χ2v) is 2.26. The molecule has 0 atom stereocenters. The van der Waals surface area contributed by atoms with Crippen LogP contribution >= 0.6 is 0 Å². The summed E-state index contributed by atoms with van der Waals surface area (Å²) in [5.74, 6) is 0. The highest BCUT2D eigenvalue weighted by molar-refractivity contribution is 4.96. The second-order valence-electron chi connectivity index (χ2n) is 2.26. The van der Waals surface area contributed by atoms with Gasteiger partial charge in [0, 0.05) is 0 Å². The largest absolute Gasteiger partial charge is 0.257 e. The van der Waals surface area contributed by atoms with Gasteiger partial charge in [0.05, 0.1) is 0 Å². The van der Waals surface area contributed by atoms with Crippen molar-refractivity contribution in [3.8, 4) is 0 Å². The number of alkyl halides is 3. The average molecular weight is 138 g/mol. The summed E-state index contributed by atoms with van der Waals surface area (Å²) < 4.78 is 35.0. The van der Waals surface area contributed by atoms with Gasteiger partial charge in [-0.05, 0) is 26.0 Å². The molecule has 0 fully saturated rings. The summed E-state index contributed by atoms with van der Waals surface area (Å²) in [6, 6.07) is 0. The molecule has 0 nitrogen and oxygen atoms in total. The van der Waals surface area contributed by atoms with Gasteiger partial charge in [-0.3, -0.25) is 0 Å². The van der Waals surface area contributed by atoms with Crippen LogP contribution in [0.4, 0.5) is 13.2 Å². The summed E-state index contributed by atoms with van der Waals surface area (Å²) in [4.78, 5) is 0. The standard InChI is InChI=1S/C6H9F3/c1-6(2,9)4-3-5(7)8/h3-5H,1-2H3/b4-3+. The Bertz CT molecular complexity index is 99.4. The van der Waals surface area contributed by atoms with E-state index >= 15 is 0 Å². The molecule has 0 saturated heterocycles. The van der Waals surface area contributed by atoms with Crippen molar-refractivity contribution in [1.29, 1.82) is 0 Å². The summed E-state index contributed by atoms with van der Waals surface area (Å²) in [6.45, 7) is 2.43. The van der Waals surface area contributed by atoms with Crippen molar-refractivity contribution in [3.05, 3.63) is 12.2 Å². The van der Waals surface area contributed by atoms with Gasteiger partial charge < -0.3 is 0 Å². The number of halogens is 3. The van der Waals surface area contributed by atoms with Crippen LogP contribution in [0.2, 0.25) is 0 Å². The third-order valence-corrected chi connectivity index (χ3v) is 0.638. The first kappa shape index (κ1) is 8.53. The quantitative estimate of drug-likeness (QED) is 0.514. The predicted molar refractivity (Wildman–Crippen MR) is 30.3 cm³/mol. The van der Waals surface area contributed by atoms with Gasteiger partial charge in [0.2, 0.25) is 0 Å². The zero-order valence-electron chi connectivity index (χ0n) is 5.37. The Morgan fingerprint density at radius 2 is 1.78 bits per heavy atom. The Kier molecular flexibility index (Phi) is 2.74. The molecule has 9 heavy (non-hydrogen) atoms. The van der Waals surface area contributed by atoms with Crippen LogP contribution in [0.5, 0.6) is 0 Å². The summed E-state index contributed by atoms with van der Waals surface area (Å²) in [7, 11) is 0. The lowest BCUT2D eigenvalue weighted by molar-refractivity contribution is 0.199. The van der Waals surface area contributed by atoms with Crippen LogP contribution in [-0.2, 0) is 0 Å². The maximum Gasteiger partial charge on any atom is 0.257 e. The monoisotopic (exact) mass is 138 g/mol. The first-order chi connectivity index (χ1) is 3.92. The van der Waals surface area contributed by atoms with Crippen LogP contribution in [0.25, 0.3) is 0 Å². The molecule has 3 heteroatoms. The predicted octanol–water partition coefficient (Wildman–Crippen LogP) is 2.56. The molecule has 0 saturated carbocycles. The Morgan fingerprint density at radius 3 is 1.89 bits per heavy atom. The maximum atomic E-state index is 12.3. The molecule has 0 spiro atoms. The summed E-state index contributed by atoms with van der Waals surface area (Å²) >= 11 is 0. The molecular weight excluding hydrogens is 129 g/mol. The van der Waals surface area contributed by atoms with E-state index in [4.69, 9.17) is 0 Å². The Hall–Kier alpha value is -0.470. The molecule has 54 valence electrons. The molecule has 0 aromatic carbocycles. The van der Waals surface area contributed by atoms with Crippen molar-refractivity contribution >= 4 is 0 Å². The minimum absolute atomic E-state index is 0.542. The van der Waals surface area contributed by atoms with E-state index in [0.29, 0.717) is 6.08 Å². The van der Waals surface area contributed by atoms with E-state index in [9.17, 15) is 13.2 Å². The normalized spacial score (nSPS) is 13.6. The van der Waals surface area contributed by atoms with Crippen molar-refractivity contribution in [2.75, 3.05) is 0 Å². The molecule has 0 radical (unpaired) electrons. The van der Waals surface area contributed by atoms with Crippen LogP contribution in [0.1, 0.15) is 13.8 Å². The zero-order valence-corrected chi connectivity index (χ0v) is 5.37. The van der Waals surface area contributed by atoms with Crippen LogP contribution in [-0.4, -0.2) is 12.1 Å². The van der Waals surface area contributed by atoms with Crippen LogP contribution in [0.3, 0.4) is 0 Å². The number of allylic oxidation sites excluding steroid dienone is 2. The van der Waals surface area contributed by atoms with E-state index in [2.05, 4.69) is 0 Å². The number of hydrogen-bond acceptors (Lipinski definition) is 0. The third-order valence-electron chi connectivity index (χ3n) is 0.638. The molecule has 0 aromatic heterocycles. The highest BCUT2D eigenvalue weighted by atomic mass is 19.3. The van der Waals surface area contributed by atoms with Gasteiger partial charge in [-0.2, -0.15) is 0 Å². The fourth-order valence-electron chi connectivity index (χ4n) is 0.302. The van der Waals surface area contributed by atoms with Crippen LogP contribution in [0, 0.1) is 0 Å². The minimum atomic E-state index is -2.56. The summed E-state index contributed by atoms with van der Waals surface area (Å²) in [5.41, 5.74) is -1.63. The van der Waals surface area contributed by atoms with E-state index in [-0.39, 0.29) is 0 Å². The zero-order chi connectivity index (χ0) is 7.49. The van der Waals surface area contributed by atoms with E-state index in [1.807, 2.05) is 0 Å². The molecule has 0 bridgehead atoms. The van der Waals surface area contributed by atoms with Crippen LogP contribution in [0.15, 0.2) is 12.2 Å². The Labute approximate surface area is 52.4 Å². The van der Waals surface area contributed by atoms with Crippen molar-refractivity contribution < 1.29 is 13.2 Å². The van der Waals surface area contributed by atoms with E-state index in [1.54, 1.807) is 0 Å². The molecule has 0 aliphatic carbocycles. The molecule has 0 amide bonds. The molecule has 0 heterocycles. The average Bonchev–Trinajstić information content (AvgIpc) is 1.59. The molecule has 0 aliphatic heterocycles. The lowest BCUT2D eigenvalue weighted by Gasteiger charge is -2.05. The lowest BCUT2D eigenvalue weighted by Crippen LogP contribution is -2.06. The highest BCUT2D eigenvalue weighted by Gasteiger charge is 2.10. The summed E-state index contributed by atoms with van der Waals surface area (Å²) in [6.07, 6.45) is -1.17. The third kappa shape index (κ3) is 7.53. The first-order valence-electron chi connectivity index (χ1n) is 2.58. The second kappa shape index (κ2) is 2.90. The topological polar surface area (TPSA) is 0 Å². The van der Waals surface area contributed by atoms with Gasteiger partial charge >= 0.3 is 0 Å². The fraction of sp³-hybridized carbons (Fsp3) is 0.667. The van der Waals surface area contributed by atoms with Gasteiger partial charge in [-0.1, -0.05) is 0 Å².